The molecule has 0 aromatic heterocycles. The predicted octanol–water partition coefficient (Wildman–Crippen LogP) is 2.61. The molecule has 4 heteroatoms. The van der Waals surface area contributed by atoms with Crippen LogP contribution in [-0.4, -0.2) is 19.3 Å². The van der Waals surface area contributed by atoms with Crippen molar-refractivity contribution in [2.45, 2.75) is 18.4 Å². The Bertz CT molecular complexity index is 375. The molecule has 0 amide bonds. The van der Waals surface area contributed by atoms with Crippen LogP contribution in [0.25, 0.3) is 0 Å². The van der Waals surface area contributed by atoms with Crippen molar-refractivity contribution in [2.75, 3.05) is 13.2 Å². The molecule has 2 nitrogen and oxygen atoms in total. The molecule has 0 aliphatic carbocycles. The van der Waals surface area contributed by atoms with Crippen molar-refractivity contribution in [3.8, 4) is 0 Å². The van der Waals surface area contributed by atoms with Crippen LogP contribution in [0.4, 0.5) is 0 Å². The molecule has 0 saturated carbocycles. The van der Waals surface area contributed by atoms with Gasteiger partial charge < -0.3 is 10.5 Å². The zero-order valence-corrected chi connectivity index (χ0v) is 9.98. The predicted molar refractivity (Wildman–Crippen MR) is 62.6 cm³/mol. The van der Waals surface area contributed by atoms with Gasteiger partial charge in [-0.15, -0.1) is 0 Å². The quantitative estimate of drug-likeness (QED) is 0.870. The van der Waals surface area contributed by atoms with E-state index in [4.69, 9.17) is 33.7 Å². The van der Waals surface area contributed by atoms with E-state index >= 15 is 0 Å². The summed E-state index contributed by atoms with van der Waals surface area (Å²) in [5.74, 6) is 0. The highest BCUT2D eigenvalue weighted by molar-refractivity contribution is 6.42. The number of rotatable bonds is 2. The summed E-state index contributed by atoms with van der Waals surface area (Å²) in [6.07, 6.45) is 0. The number of benzene rings is 1. The van der Waals surface area contributed by atoms with Crippen LogP contribution in [0.1, 0.15) is 12.5 Å². The lowest BCUT2D eigenvalue weighted by Gasteiger charge is -2.45. The summed E-state index contributed by atoms with van der Waals surface area (Å²) < 4.78 is 5.27. The van der Waals surface area contributed by atoms with Gasteiger partial charge in [0.2, 0.25) is 0 Å². The smallest absolute Gasteiger partial charge is 0.0600 e. The molecule has 1 aliphatic heterocycles. The van der Waals surface area contributed by atoms with Crippen molar-refractivity contribution in [3.05, 3.63) is 33.8 Å². The van der Waals surface area contributed by atoms with E-state index in [-0.39, 0.29) is 11.5 Å². The average molecular weight is 246 g/mol. The molecule has 2 rings (SSSR count). The molecule has 15 heavy (non-hydrogen) atoms. The van der Waals surface area contributed by atoms with Crippen molar-refractivity contribution >= 4 is 23.2 Å². The summed E-state index contributed by atoms with van der Waals surface area (Å²) >= 11 is 11.9. The highest BCUT2D eigenvalue weighted by Gasteiger charge is 2.43. The highest BCUT2D eigenvalue weighted by atomic mass is 35.5. The Kier molecular flexibility index (Phi) is 2.95. The van der Waals surface area contributed by atoms with E-state index in [1.165, 1.54) is 0 Å². The van der Waals surface area contributed by atoms with Crippen LogP contribution in [0.3, 0.4) is 0 Å². The van der Waals surface area contributed by atoms with Crippen LogP contribution in [0.2, 0.25) is 10.0 Å². The zero-order chi connectivity index (χ0) is 11.1. The summed E-state index contributed by atoms with van der Waals surface area (Å²) in [4.78, 5) is 0. The molecule has 1 heterocycles. The van der Waals surface area contributed by atoms with Gasteiger partial charge in [0.05, 0.1) is 28.7 Å². The second kappa shape index (κ2) is 3.95. The van der Waals surface area contributed by atoms with Crippen LogP contribution in [0.5, 0.6) is 0 Å². The molecule has 1 fully saturated rings. The minimum absolute atomic E-state index is 0.0449. The number of hydrogen-bond acceptors (Lipinski definition) is 2. The van der Waals surface area contributed by atoms with E-state index in [0.29, 0.717) is 23.3 Å². The van der Waals surface area contributed by atoms with Crippen molar-refractivity contribution in [1.29, 1.82) is 0 Å². The van der Waals surface area contributed by atoms with Gasteiger partial charge in [0.15, 0.2) is 0 Å². The van der Waals surface area contributed by atoms with Gasteiger partial charge in [-0.25, -0.2) is 0 Å². The Balaban J connectivity index is 2.39. The Morgan fingerprint density at radius 2 is 2.00 bits per heavy atom. The zero-order valence-electron chi connectivity index (χ0n) is 8.47. The second-order valence-corrected chi connectivity index (χ2v) is 4.88. The molecule has 2 N–H and O–H groups in total. The van der Waals surface area contributed by atoms with Gasteiger partial charge in [0, 0.05) is 6.04 Å². The Morgan fingerprint density at radius 3 is 2.40 bits per heavy atom. The molecule has 1 atom stereocenters. The number of halogens is 2. The molecule has 1 aromatic carbocycles. The molecule has 1 aromatic rings. The first-order valence-corrected chi connectivity index (χ1v) is 5.61. The first-order chi connectivity index (χ1) is 7.06. The molecule has 1 unspecified atom stereocenters. The lowest BCUT2D eigenvalue weighted by atomic mass is 9.73. The minimum Gasteiger partial charge on any atom is -0.379 e. The maximum atomic E-state index is 6.00. The third-order valence-electron chi connectivity index (χ3n) is 3.09. The largest absolute Gasteiger partial charge is 0.379 e. The summed E-state index contributed by atoms with van der Waals surface area (Å²) in [6.45, 7) is 3.30. The topological polar surface area (TPSA) is 35.2 Å². The van der Waals surface area contributed by atoms with Gasteiger partial charge in [-0.2, -0.15) is 0 Å². The molecular weight excluding hydrogens is 233 g/mol. The van der Waals surface area contributed by atoms with Crippen LogP contribution in [0, 0.1) is 0 Å². The summed E-state index contributed by atoms with van der Waals surface area (Å²) in [6, 6.07) is 5.71. The number of hydrogen-bond donors (Lipinski definition) is 1. The Hall–Kier alpha value is -0.280. The Morgan fingerprint density at radius 1 is 1.33 bits per heavy atom. The third kappa shape index (κ3) is 1.76. The highest BCUT2D eigenvalue weighted by Crippen LogP contribution is 2.37. The van der Waals surface area contributed by atoms with Crippen LogP contribution in [0.15, 0.2) is 18.2 Å². The Labute approximate surface area is 99.3 Å². The lowest BCUT2D eigenvalue weighted by Crippen LogP contribution is -2.57. The van der Waals surface area contributed by atoms with Gasteiger partial charge in [-0.1, -0.05) is 29.3 Å². The van der Waals surface area contributed by atoms with E-state index in [1.807, 2.05) is 25.1 Å². The van der Waals surface area contributed by atoms with Crippen molar-refractivity contribution in [3.63, 3.8) is 0 Å². The molecule has 82 valence electrons. The standard InChI is InChI=1S/C11H13Cl2NO/c1-7(14)11(5-15-6-11)8-2-3-9(12)10(13)4-8/h2-4,7H,5-6,14H2,1H3. The van der Waals surface area contributed by atoms with E-state index in [9.17, 15) is 0 Å². The van der Waals surface area contributed by atoms with Gasteiger partial charge in [0.1, 0.15) is 0 Å². The SMILES string of the molecule is CC(N)C1(c2ccc(Cl)c(Cl)c2)COC1. The first kappa shape index (κ1) is 11.2. The fraction of sp³-hybridized carbons (Fsp3) is 0.455. The third-order valence-corrected chi connectivity index (χ3v) is 3.82. The maximum absolute atomic E-state index is 6.00. The van der Waals surface area contributed by atoms with Gasteiger partial charge >= 0.3 is 0 Å². The molecule has 1 aliphatic rings. The van der Waals surface area contributed by atoms with Crippen LogP contribution in [-0.2, 0) is 10.2 Å². The molecular formula is C11H13Cl2NO. The van der Waals surface area contributed by atoms with E-state index in [2.05, 4.69) is 0 Å². The van der Waals surface area contributed by atoms with Crippen LogP contribution < -0.4 is 5.73 Å². The molecule has 0 radical (unpaired) electrons. The average Bonchev–Trinajstić information content (AvgIpc) is 2.08. The summed E-state index contributed by atoms with van der Waals surface area (Å²) in [5.41, 5.74) is 7.02. The van der Waals surface area contributed by atoms with Crippen molar-refractivity contribution in [1.82, 2.24) is 0 Å². The minimum atomic E-state index is -0.0891. The van der Waals surface area contributed by atoms with Crippen molar-refractivity contribution in [2.24, 2.45) is 5.73 Å². The monoisotopic (exact) mass is 245 g/mol. The molecule has 0 bridgehead atoms. The van der Waals surface area contributed by atoms with Crippen LogP contribution >= 0.6 is 23.2 Å². The summed E-state index contributed by atoms with van der Waals surface area (Å²) in [7, 11) is 0. The van der Waals surface area contributed by atoms with E-state index in [0.717, 1.165) is 5.56 Å². The molecule has 0 spiro atoms. The van der Waals surface area contributed by atoms with Gasteiger partial charge in [-0.05, 0) is 24.6 Å². The van der Waals surface area contributed by atoms with Gasteiger partial charge in [0.25, 0.3) is 0 Å². The normalized spacial score (nSPS) is 20.8. The maximum Gasteiger partial charge on any atom is 0.0600 e. The van der Waals surface area contributed by atoms with E-state index < -0.39 is 0 Å². The first-order valence-electron chi connectivity index (χ1n) is 4.85. The summed E-state index contributed by atoms with van der Waals surface area (Å²) in [5, 5.41) is 1.14. The number of ether oxygens (including phenoxy) is 1. The molecule has 1 saturated heterocycles. The fourth-order valence-corrected chi connectivity index (χ4v) is 2.12. The number of nitrogens with two attached hydrogens (primary N) is 1. The van der Waals surface area contributed by atoms with Crippen molar-refractivity contribution < 1.29 is 4.74 Å². The lowest BCUT2D eigenvalue weighted by molar-refractivity contribution is -0.0701. The second-order valence-electron chi connectivity index (χ2n) is 4.07. The van der Waals surface area contributed by atoms with E-state index in [1.54, 1.807) is 0 Å². The fourth-order valence-electron chi connectivity index (χ4n) is 1.82. The van der Waals surface area contributed by atoms with Gasteiger partial charge in [-0.3, -0.25) is 0 Å².